The molecule has 0 spiro atoms. The van der Waals surface area contributed by atoms with Gasteiger partial charge in [-0.1, -0.05) is 35.3 Å². The van der Waals surface area contributed by atoms with Crippen LogP contribution < -0.4 is 5.32 Å². The van der Waals surface area contributed by atoms with Gasteiger partial charge in [-0.15, -0.1) is 0 Å². The Morgan fingerprint density at radius 3 is 2.71 bits per heavy atom. The summed E-state index contributed by atoms with van der Waals surface area (Å²) >= 11 is 11.9. The predicted molar refractivity (Wildman–Crippen MR) is 106 cm³/mol. The van der Waals surface area contributed by atoms with Gasteiger partial charge in [0.25, 0.3) is 5.91 Å². The van der Waals surface area contributed by atoms with Gasteiger partial charge in [-0.25, -0.2) is 0 Å². The first kappa shape index (κ1) is 20.3. The number of rotatable bonds is 7. The second kappa shape index (κ2) is 9.17. The number of likely N-dealkylation sites (tertiary alicyclic amines) is 1. The van der Waals surface area contributed by atoms with E-state index in [1.165, 1.54) is 4.90 Å². The molecule has 2 amide bonds. The van der Waals surface area contributed by atoms with E-state index >= 15 is 0 Å². The molecular weight excluding hydrogens is 401 g/mol. The van der Waals surface area contributed by atoms with Crippen molar-refractivity contribution in [3.8, 4) is 0 Å². The Morgan fingerprint density at radius 1 is 1.18 bits per heavy atom. The van der Waals surface area contributed by atoms with E-state index in [0.29, 0.717) is 35.1 Å². The molecule has 1 atom stereocenters. The number of nitrogens with zero attached hydrogens (tertiary/aromatic N) is 2. The first-order chi connectivity index (χ1) is 13.5. The number of Topliss-reactive ketones (excluding diaryl/α,β-unsaturated/α-hetero) is 1. The highest BCUT2D eigenvalue weighted by Gasteiger charge is 2.42. The zero-order chi connectivity index (χ0) is 20.1. The van der Waals surface area contributed by atoms with Crippen LogP contribution >= 0.6 is 23.2 Å². The highest BCUT2D eigenvalue weighted by Crippen LogP contribution is 2.23. The van der Waals surface area contributed by atoms with Crippen molar-refractivity contribution < 1.29 is 14.4 Å². The lowest BCUT2D eigenvalue weighted by Crippen LogP contribution is -2.36. The van der Waals surface area contributed by atoms with E-state index in [1.807, 2.05) is 12.1 Å². The lowest BCUT2D eigenvalue weighted by atomic mass is 10.1. The lowest BCUT2D eigenvalue weighted by molar-refractivity contribution is -0.142. The minimum absolute atomic E-state index is 0.0763. The first-order valence-corrected chi connectivity index (χ1v) is 9.66. The summed E-state index contributed by atoms with van der Waals surface area (Å²) < 4.78 is 0. The molecule has 1 aromatic heterocycles. The van der Waals surface area contributed by atoms with Gasteiger partial charge in [-0.05, 0) is 42.7 Å². The van der Waals surface area contributed by atoms with Crippen molar-refractivity contribution in [3.05, 3.63) is 63.9 Å². The monoisotopic (exact) mass is 419 g/mol. The van der Waals surface area contributed by atoms with E-state index in [2.05, 4.69) is 10.3 Å². The van der Waals surface area contributed by atoms with Crippen molar-refractivity contribution in [2.75, 3.05) is 13.1 Å². The molecule has 2 heterocycles. The molecule has 1 aromatic carbocycles. The number of aryl methyl sites for hydroxylation is 1. The van der Waals surface area contributed by atoms with Gasteiger partial charge >= 0.3 is 0 Å². The van der Waals surface area contributed by atoms with Crippen LogP contribution in [0.1, 0.15) is 17.7 Å². The number of ketones is 1. The van der Waals surface area contributed by atoms with Gasteiger partial charge in [-0.2, -0.15) is 0 Å². The van der Waals surface area contributed by atoms with Crippen molar-refractivity contribution in [1.82, 2.24) is 15.2 Å². The SMILES string of the molecule is O=C(NCCCc1ccc(Cl)c(Cl)c1)C1CN(Cc2ccccn2)C(=O)C1=O. The zero-order valence-electron chi connectivity index (χ0n) is 15.0. The minimum Gasteiger partial charge on any atom is -0.355 e. The molecular formula is C20H19Cl2N3O3. The van der Waals surface area contributed by atoms with Crippen LogP contribution in [0.2, 0.25) is 10.0 Å². The first-order valence-electron chi connectivity index (χ1n) is 8.90. The third-order valence-electron chi connectivity index (χ3n) is 4.54. The van der Waals surface area contributed by atoms with Crippen LogP contribution in [-0.4, -0.2) is 40.6 Å². The Balaban J connectivity index is 1.48. The molecule has 1 fully saturated rings. The third kappa shape index (κ3) is 4.88. The summed E-state index contributed by atoms with van der Waals surface area (Å²) in [6, 6.07) is 10.8. The summed E-state index contributed by atoms with van der Waals surface area (Å²) in [5, 5.41) is 3.73. The van der Waals surface area contributed by atoms with Crippen LogP contribution in [0.3, 0.4) is 0 Å². The van der Waals surface area contributed by atoms with Gasteiger partial charge in [0.2, 0.25) is 11.7 Å². The Hall–Kier alpha value is -2.44. The number of hydrogen-bond acceptors (Lipinski definition) is 4. The maximum atomic E-state index is 12.3. The summed E-state index contributed by atoms with van der Waals surface area (Å²) in [4.78, 5) is 42.2. The minimum atomic E-state index is -0.971. The van der Waals surface area contributed by atoms with Crippen LogP contribution in [0.15, 0.2) is 42.6 Å². The van der Waals surface area contributed by atoms with Crippen LogP contribution in [0.5, 0.6) is 0 Å². The second-order valence-corrected chi connectivity index (χ2v) is 7.38. The van der Waals surface area contributed by atoms with E-state index in [4.69, 9.17) is 23.2 Å². The molecule has 0 bridgehead atoms. The summed E-state index contributed by atoms with van der Waals surface area (Å²) in [7, 11) is 0. The Labute approximate surface area is 172 Å². The molecule has 1 unspecified atom stereocenters. The Kier molecular flexibility index (Phi) is 6.65. The molecule has 2 aromatic rings. The van der Waals surface area contributed by atoms with Crippen LogP contribution in [-0.2, 0) is 27.3 Å². The van der Waals surface area contributed by atoms with Crippen molar-refractivity contribution in [2.45, 2.75) is 19.4 Å². The smallest absolute Gasteiger partial charge is 0.291 e. The van der Waals surface area contributed by atoms with Crippen LogP contribution in [0, 0.1) is 5.92 Å². The van der Waals surface area contributed by atoms with E-state index in [-0.39, 0.29) is 13.1 Å². The van der Waals surface area contributed by atoms with E-state index < -0.39 is 23.5 Å². The zero-order valence-corrected chi connectivity index (χ0v) is 16.5. The summed E-state index contributed by atoms with van der Waals surface area (Å²) in [6.07, 6.45) is 3.01. The largest absolute Gasteiger partial charge is 0.355 e. The average molecular weight is 420 g/mol. The molecule has 146 valence electrons. The van der Waals surface area contributed by atoms with Crippen molar-refractivity contribution in [3.63, 3.8) is 0 Å². The molecule has 3 rings (SSSR count). The van der Waals surface area contributed by atoms with Gasteiger partial charge in [0, 0.05) is 19.3 Å². The highest BCUT2D eigenvalue weighted by molar-refractivity contribution is 6.42. The third-order valence-corrected chi connectivity index (χ3v) is 5.28. The number of halogens is 2. The number of pyridine rings is 1. The number of carbonyl (C=O) groups is 3. The van der Waals surface area contributed by atoms with Crippen molar-refractivity contribution in [1.29, 1.82) is 0 Å². The fourth-order valence-corrected chi connectivity index (χ4v) is 3.36. The standard InChI is InChI=1S/C20H19Cl2N3O3/c21-16-7-6-13(10-17(16)22)4-3-9-24-19(27)15-12-25(20(28)18(15)26)11-14-5-1-2-8-23-14/h1-2,5-8,10,15H,3-4,9,11-12H2,(H,24,27). The maximum absolute atomic E-state index is 12.3. The normalized spacial score (nSPS) is 16.5. The topological polar surface area (TPSA) is 79.4 Å². The second-order valence-electron chi connectivity index (χ2n) is 6.57. The van der Waals surface area contributed by atoms with Crippen molar-refractivity contribution >= 4 is 40.8 Å². The molecule has 6 nitrogen and oxygen atoms in total. The summed E-state index contributed by atoms with van der Waals surface area (Å²) in [6.45, 7) is 0.691. The molecule has 0 saturated carbocycles. The molecule has 1 saturated heterocycles. The Morgan fingerprint density at radius 2 is 2.00 bits per heavy atom. The van der Waals surface area contributed by atoms with Gasteiger partial charge in [0.1, 0.15) is 5.92 Å². The van der Waals surface area contributed by atoms with Crippen LogP contribution in [0.4, 0.5) is 0 Å². The number of amides is 2. The van der Waals surface area contributed by atoms with Gasteiger partial charge < -0.3 is 10.2 Å². The maximum Gasteiger partial charge on any atom is 0.291 e. The molecule has 0 aliphatic carbocycles. The fourth-order valence-electron chi connectivity index (χ4n) is 3.04. The van der Waals surface area contributed by atoms with E-state index in [0.717, 1.165) is 5.56 Å². The number of carbonyl (C=O) groups excluding carboxylic acids is 3. The van der Waals surface area contributed by atoms with Crippen molar-refractivity contribution in [2.24, 2.45) is 5.92 Å². The number of aromatic nitrogens is 1. The summed E-state index contributed by atoms with van der Waals surface area (Å²) in [5.41, 5.74) is 1.68. The predicted octanol–water partition coefficient (Wildman–Crippen LogP) is 2.66. The molecule has 1 N–H and O–H groups in total. The van der Waals surface area contributed by atoms with E-state index in [1.54, 1.807) is 30.5 Å². The summed E-state index contributed by atoms with van der Waals surface area (Å²) in [5.74, 6) is -2.70. The number of hydrogen-bond donors (Lipinski definition) is 1. The molecule has 8 heteroatoms. The van der Waals surface area contributed by atoms with Gasteiger partial charge in [0.15, 0.2) is 0 Å². The average Bonchev–Trinajstić information content (AvgIpc) is 2.97. The molecule has 1 aliphatic rings. The molecule has 28 heavy (non-hydrogen) atoms. The number of benzene rings is 1. The van der Waals surface area contributed by atoms with Gasteiger partial charge in [-0.3, -0.25) is 19.4 Å². The highest BCUT2D eigenvalue weighted by atomic mass is 35.5. The fraction of sp³-hybridized carbons (Fsp3) is 0.300. The Bertz CT molecular complexity index is 890. The molecule has 1 aliphatic heterocycles. The van der Waals surface area contributed by atoms with Crippen LogP contribution in [0.25, 0.3) is 0 Å². The quantitative estimate of drug-likeness (QED) is 0.425. The number of nitrogens with one attached hydrogen (secondary N) is 1. The van der Waals surface area contributed by atoms with Gasteiger partial charge in [0.05, 0.1) is 22.3 Å². The van der Waals surface area contributed by atoms with E-state index in [9.17, 15) is 14.4 Å². The lowest BCUT2D eigenvalue weighted by Gasteiger charge is -2.14. The molecule has 0 radical (unpaired) electrons.